The number of nitrogens with zero attached hydrogens (tertiary/aromatic N) is 1. The van der Waals surface area contributed by atoms with Gasteiger partial charge in [-0.1, -0.05) is 18.2 Å². The van der Waals surface area contributed by atoms with Gasteiger partial charge in [-0.15, -0.1) is 0 Å². The summed E-state index contributed by atoms with van der Waals surface area (Å²) < 4.78 is 19.1. The molecular formula is C24H20FN3O5. The molecule has 2 N–H and O–H groups in total. The van der Waals surface area contributed by atoms with Crippen LogP contribution in [0.3, 0.4) is 0 Å². The lowest BCUT2D eigenvalue weighted by Crippen LogP contribution is -2.31. The third-order valence-corrected chi connectivity index (χ3v) is 4.69. The average Bonchev–Trinajstić information content (AvgIpc) is 2.81. The van der Waals surface area contributed by atoms with Crippen LogP contribution in [-0.2, 0) is 4.79 Å². The average molecular weight is 449 g/mol. The highest BCUT2D eigenvalue weighted by Gasteiger charge is 2.18. The summed E-state index contributed by atoms with van der Waals surface area (Å²) >= 11 is 0. The number of para-hydroxylation sites is 1. The minimum atomic E-state index is -0.708. The minimum absolute atomic E-state index is 0.119. The normalized spacial score (nSPS) is 10.9. The summed E-state index contributed by atoms with van der Waals surface area (Å²) in [6.45, 7) is 1.59. The first-order valence-electron chi connectivity index (χ1n) is 9.76. The quantitative estimate of drug-likeness (QED) is 0.314. The van der Waals surface area contributed by atoms with E-state index in [2.05, 4.69) is 10.6 Å². The van der Waals surface area contributed by atoms with Crippen LogP contribution in [0.15, 0.2) is 72.4 Å². The summed E-state index contributed by atoms with van der Waals surface area (Å²) in [6, 6.07) is 16.1. The highest BCUT2D eigenvalue weighted by Crippen LogP contribution is 2.20. The molecule has 8 nitrogen and oxygen atoms in total. The van der Waals surface area contributed by atoms with E-state index in [0.29, 0.717) is 16.9 Å². The lowest BCUT2D eigenvalue weighted by atomic mass is 10.1. The van der Waals surface area contributed by atoms with Crippen LogP contribution in [0, 0.1) is 22.9 Å². The molecule has 0 saturated carbocycles. The predicted octanol–water partition coefficient (Wildman–Crippen LogP) is 4.46. The van der Waals surface area contributed by atoms with Gasteiger partial charge in [-0.25, -0.2) is 4.39 Å². The van der Waals surface area contributed by atoms with E-state index in [1.165, 1.54) is 61.7 Å². The summed E-state index contributed by atoms with van der Waals surface area (Å²) in [4.78, 5) is 36.2. The van der Waals surface area contributed by atoms with Crippen molar-refractivity contribution in [3.63, 3.8) is 0 Å². The number of carbonyl (C=O) groups excluding carboxylic acids is 2. The molecule has 0 heterocycles. The van der Waals surface area contributed by atoms with Crippen LogP contribution in [0.1, 0.15) is 21.5 Å². The van der Waals surface area contributed by atoms with E-state index in [1.54, 1.807) is 25.1 Å². The van der Waals surface area contributed by atoms with E-state index < -0.39 is 22.6 Å². The number of halogens is 1. The molecule has 0 aliphatic rings. The Balaban J connectivity index is 1.94. The number of methoxy groups -OCH3 is 1. The maximum Gasteiger partial charge on any atom is 0.272 e. The Morgan fingerprint density at radius 1 is 1.06 bits per heavy atom. The first kappa shape index (κ1) is 23.1. The maximum atomic E-state index is 13.9. The SMILES string of the molecule is COc1ccccc1C(=O)NC(=Cc1ccc([N+](=O)[O-])cc1)C(=O)Nc1ccc(C)c(F)c1. The van der Waals surface area contributed by atoms with Gasteiger partial charge >= 0.3 is 0 Å². The maximum absolute atomic E-state index is 13.9. The Morgan fingerprint density at radius 2 is 1.76 bits per heavy atom. The summed E-state index contributed by atoms with van der Waals surface area (Å²) in [6.07, 6.45) is 1.36. The van der Waals surface area contributed by atoms with Crippen LogP contribution >= 0.6 is 0 Å². The Labute approximate surface area is 188 Å². The molecule has 3 aromatic rings. The van der Waals surface area contributed by atoms with Gasteiger partial charge in [-0.3, -0.25) is 19.7 Å². The zero-order valence-electron chi connectivity index (χ0n) is 17.8. The van der Waals surface area contributed by atoms with Crippen molar-refractivity contribution in [2.24, 2.45) is 0 Å². The largest absolute Gasteiger partial charge is 0.496 e. The van der Waals surface area contributed by atoms with E-state index in [1.807, 2.05) is 0 Å². The fraction of sp³-hybridized carbons (Fsp3) is 0.0833. The van der Waals surface area contributed by atoms with Crippen LogP contribution in [0.2, 0.25) is 0 Å². The molecule has 168 valence electrons. The third kappa shape index (κ3) is 5.79. The van der Waals surface area contributed by atoms with Crippen LogP contribution < -0.4 is 15.4 Å². The highest BCUT2D eigenvalue weighted by molar-refractivity contribution is 6.11. The lowest BCUT2D eigenvalue weighted by Gasteiger charge is -2.13. The molecule has 0 aliphatic carbocycles. The number of aryl methyl sites for hydroxylation is 1. The van der Waals surface area contributed by atoms with Gasteiger partial charge in [0.1, 0.15) is 17.3 Å². The zero-order chi connectivity index (χ0) is 24.0. The zero-order valence-corrected chi connectivity index (χ0v) is 17.8. The standard InChI is InChI=1S/C24H20FN3O5/c1-15-7-10-17(14-20(15)25)26-24(30)21(13-16-8-11-18(12-9-16)28(31)32)27-23(29)19-5-3-4-6-22(19)33-2/h3-14H,1-2H3,(H,26,30)(H,27,29). The molecule has 9 heteroatoms. The predicted molar refractivity (Wildman–Crippen MR) is 121 cm³/mol. The summed E-state index contributed by atoms with van der Waals surface area (Å²) in [5.41, 5.74) is 0.973. The Morgan fingerprint density at radius 3 is 2.39 bits per heavy atom. The van der Waals surface area contributed by atoms with Crippen LogP contribution in [-0.4, -0.2) is 23.8 Å². The molecule has 0 aromatic heterocycles. The van der Waals surface area contributed by atoms with Crippen LogP contribution in [0.4, 0.5) is 15.8 Å². The number of hydrogen-bond donors (Lipinski definition) is 2. The highest BCUT2D eigenvalue weighted by atomic mass is 19.1. The van der Waals surface area contributed by atoms with Crippen LogP contribution in [0.25, 0.3) is 6.08 Å². The lowest BCUT2D eigenvalue weighted by molar-refractivity contribution is -0.384. The van der Waals surface area contributed by atoms with E-state index in [-0.39, 0.29) is 22.6 Å². The van der Waals surface area contributed by atoms with Gasteiger partial charge in [0.25, 0.3) is 17.5 Å². The molecule has 0 atom stereocenters. The minimum Gasteiger partial charge on any atom is -0.496 e. The molecule has 3 rings (SSSR count). The van der Waals surface area contributed by atoms with Gasteiger partial charge < -0.3 is 15.4 Å². The van der Waals surface area contributed by atoms with Gasteiger partial charge in [0.15, 0.2) is 0 Å². The number of carbonyl (C=O) groups is 2. The van der Waals surface area contributed by atoms with Crippen molar-refractivity contribution < 1.29 is 23.6 Å². The third-order valence-electron chi connectivity index (χ3n) is 4.69. The number of benzene rings is 3. The van der Waals surface area contributed by atoms with E-state index in [0.717, 1.165) is 0 Å². The number of nitro groups is 1. The van der Waals surface area contributed by atoms with Crippen molar-refractivity contribution in [2.75, 3.05) is 12.4 Å². The Bertz CT molecular complexity index is 1240. The van der Waals surface area contributed by atoms with Gasteiger partial charge in [0.05, 0.1) is 17.6 Å². The number of non-ortho nitro benzene ring substituents is 1. The number of rotatable bonds is 7. The number of anilines is 1. The number of hydrogen-bond acceptors (Lipinski definition) is 5. The van der Waals surface area contributed by atoms with Gasteiger partial charge in [0, 0.05) is 17.8 Å². The van der Waals surface area contributed by atoms with E-state index >= 15 is 0 Å². The van der Waals surface area contributed by atoms with E-state index in [4.69, 9.17) is 4.74 Å². The molecule has 3 aromatic carbocycles. The molecule has 0 saturated heterocycles. The van der Waals surface area contributed by atoms with Gasteiger partial charge in [-0.05, 0) is 60.5 Å². The molecule has 0 bridgehead atoms. The van der Waals surface area contributed by atoms with Crippen molar-refractivity contribution in [1.29, 1.82) is 0 Å². The number of amides is 2. The second kappa shape index (κ2) is 10.2. The monoisotopic (exact) mass is 449 g/mol. The summed E-state index contributed by atoms with van der Waals surface area (Å²) in [7, 11) is 1.42. The van der Waals surface area contributed by atoms with Crippen molar-refractivity contribution in [3.05, 3.63) is 105 Å². The first-order chi connectivity index (χ1) is 15.8. The van der Waals surface area contributed by atoms with E-state index in [9.17, 15) is 24.1 Å². The van der Waals surface area contributed by atoms with Crippen LogP contribution in [0.5, 0.6) is 5.75 Å². The Kier molecular flexibility index (Phi) is 7.14. The van der Waals surface area contributed by atoms with Crippen molar-refractivity contribution in [3.8, 4) is 5.75 Å². The molecule has 33 heavy (non-hydrogen) atoms. The second-order valence-electron chi connectivity index (χ2n) is 6.98. The van der Waals surface area contributed by atoms with Gasteiger partial charge in [0.2, 0.25) is 0 Å². The fourth-order valence-corrected chi connectivity index (χ4v) is 2.91. The summed E-state index contributed by atoms with van der Waals surface area (Å²) in [5.74, 6) is -1.50. The van der Waals surface area contributed by atoms with Gasteiger partial charge in [-0.2, -0.15) is 0 Å². The molecular weight excluding hydrogens is 429 g/mol. The molecule has 0 aliphatic heterocycles. The first-order valence-corrected chi connectivity index (χ1v) is 9.76. The van der Waals surface area contributed by atoms with Crippen molar-refractivity contribution in [1.82, 2.24) is 5.32 Å². The molecule has 0 radical (unpaired) electrons. The molecule has 0 unspecified atom stereocenters. The molecule has 2 amide bonds. The number of nitro benzene ring substituents is 1. The second-order valence-corrected chi connectivity index (χ2v) is 6.98. The molecule has 0 spiro atoms. The van der Waals surface area contributed by atoms with Crippen molar-refractivity contribution in [2.45, 2.75) is 6.92 Å². The number of ether oxygens (including phenoxy) is 1. The number of nitrogens with one attached hydrogen (secondary N) is 2. The summed E-state index contributed by atoms with van der Waals surface area (Å²) in [5, 5.41) is 16.0. The fourth-order valence-electron chi connectivity index (χ4n) is 2.91. The van der Waals surface area contributed by atoms with Crippen molar-refractivity contribution >= 4 is 29.3 Å². The smallest absolute Gasteiger partial charge is 0.272 e. The Hall–Kier alpha value is -4.53. The topological polar surface area (TPSA) is 111 Å². The molecule has 0 fully saturated rings.